The Morgan fingerprint density at radius 2 is 2.05 bits per heavy atom. The molecule has 0 radical (unpaired) electrons. The standard InChI is InChI=1S/C15H19NO5/c1-20-15(17)12-5-7-14(8-6-12)21-10-11-3-2-4-13(9-11)16(18)19/h2-4,9,12,14H,5-8,10H2,1H3. The summed E-state index contributed by atoms with van der Waals surface area (Å²) in [5, 5.41) is 10.7. The largest absolute Gasteiger partial charge is 0.469 e. The van der Waals surface area contributed by atoms with E-state index in [0.717, 1.165) is 31.2 Å². The van der Waals surface area contributed by atoms with E-state index in [1.54, 1.807) is 6.07 Å². The van der Waals surface area contributed by atoms with Gasteiger partial charge in [-0.1, -0.05) is 12.1 Å². The van der Waals surface area contributed by atoms with E-state index in [1.807, 2.05) is 6.07 Å². The summed E-state index contributed by atoms with van der Waals surface area (Å²) in [4.78, 5) is 21.7. The fourth-order valence-corrected chi connectivity index (χ4v) is 2.61. The van der Waals surface area contributed by atoms with E-state index in [1.165, 1.54) is 19.2 Å². The molecule has 0 heterocycles. The van der Waals surface area contributed by atoms with E-state index in [-0.39, 0.29) is 23.7 Å². The summed E-state index contributed by atoms with van der Waals surface area (Å²) in [5.41, 5.74) is 0.866. The maximum Gasteiger partial charge on any atom is 0.308 e. The van der Waals surface area contributed by atoms with E-state index in [2.05, 4.69) is 0 Å². The molecule has 6 nitrogen and oxygen atoms in total. The van der Waals surface area contributed by atoms with Gasteiger partial charge in [0.15, 0.2) is 0 Å². The van der Waals surface area contributed by atoms with E-state index in [4.69, 9.17) is 9.47 Å². The maximum atomic E-state index is 11.4. The normalized spacial score (nSPS) is 21.8. The molecule has 114 valence electrons. The fourth-order valence-electron chi connectivity index (χ4n) is 2.61. The number of esters is 1. The van der Waals surface area contributed by atoms with Gasteiger partial charge in [-0.2, -0.15) is 0 Å². The van der Waals surface area contributed by atoms with Crippen LogP contribution in [0, 0.1) is 16.0 Å². The van der Waals surface area contributed by atoms with Crippen molar-refractivity contribution in [1.82, 2.24) is 0 Å². The van der Waals surface area contributed by atoms with Crippen molar-refractivity contribution in [2.45, 2.75) is 38.4 Å². The molecule has 0 aromatic heterocycles. The number of nitrogens with zero attached hydrogens (tertiary/aromatic N) is 1. The monoisotopic (exact) mass is 293 g/mol. The fraction of sp³-hybridized carbons (Fsp3) is 0.533. The zero-order valence-corrected chi connectivity index (χ0v) is 12.0. The molecule has 6 heteroatoms. The third-order valence-corrected chi connectivity index (χ3v) is 3.82. The van der Waals surface area contributed by atoms with Gasteiger partial charge in [0.25, 0.3) is 5.69 Å². The van der Waals surface area contributed by atoms with Crippen LogP contribution in [0.25, 0.3) is 0 Å². The van der Waals surface area contributed by atoms with Crippen molar-refractivity contribution in [1.29, 1.82) is 0 Å². The first-order valence-corrected chi connectivity index (χ1v) is 7.03. The van der Waals surface area contributed by atoms with E-state index in [0.29, 0.717) is 6.61 Å². The summed E-state index contributed by atoms with van der Waals surface area (Å²) in [6.07, 6.45) is 3.27. The lowest BCUT2D eigenvalue weighted by molar-refractivity contribution is -0.385. The Morgan fingerprint density at radius 1 is 1.33 bits per heavy atom. The van der Waals surface area contributed by atoms with Crippen LogP contribution in [-0.4, -0.2) is 24.1 Å². The minimum absolute atomic E-state index is 0.0207. The van der Waals surface area contributed by atoms with Crippen LogP contribution < -0.4 is 0 Å². The van der Waals surface area contributed by atoms with Crippen LogP contribution in [0.1, 0.15) is 31.2 Å². The number of nitro groups is 1. The van der Waals surface area contributed by atoms with E-state index < -0.39 is 4.92 Å². The minimum Gasteiger partial charge on any atom is -0.469 e. The first-order valence-electron chi connectivity index (χ1n) is 7.03. The molecule has 0 saturated heterocycles. The predicted octanol–water partition coefficient (Wildman–Crippen LogP) is 2.84. The third kappa shape index (κ3) is 4.26. The topological polar surface area (TPSA) is 78.7 Å². The number of non-ortho nitro benzene ring substituents is 1. The molecule has 21 heavy (non-hydrogen) atoms. The molecule has 0 atom stereocenters. The Kier molecular flexibility index (Phi) is 5.27. The van der Waals surface area contributed by atoms with Gasteiger partial charge in [-0.15, -0.1) is 0 Å². The molecule has 1 aromatic rings. The van der Waals surface area contributed by atoms with Crippen LogP contribution in [0.4, 0.5) is 5.69 Å². The molecule has 2 rings (SSSR count). The summed E-state index contributed by atoms with van der Waals surface area (Å²) < 4.78 is 10.5. The van der Waals surface area contributed by atoms with Gasteiger partial charge in [-0.05, 0) is 31.2 Å². The van der Waals surface area contributed by atoms with Crippen LogP contribution in [0.15, 0.2) is 24.3 Å². The Labute approximate surface area is 123 Å². The quantitative estimate of drug-likeness (QED) is 0.474. The highest BCUT2D eigenvalue weighted by molar-refractivity contribution is 5.72. The highest BCUT2D eigenvalue weighted by Crippen LogP contribution is 2.27. The number of ether oxygens (including phenoxy) is 2. The summed E-state index contributed by atoms with van der Waals surface area (Å²) in [5.74, 6) is -0.167. The number of hydrogen-bond donors (Lipinski definition) is 0. The van der Waals surface area contributed by atoms with Crippen molar-refractivity contribution >= 4 is 11.7 Å². The molecule has 0 unspecified atom stereocenters. The second-order valence-electron chi connectivity index (χ2n) is 5.23. The summed E-state index contributed by atoms with van der Waals surface area (Å²) in [6.45, 7) is 0.356. The van der Waals surface area contributed by atoms with Crippen LogP contribution in [0.3, 0.4) is 0 Å². The minimum atomic E-state index is -0.412. The van der Waals surface area contributed by atoms with Crippen molar-refractivity contribution in [2.75, 3.05) is 7.11 Å². The molecule has 1 aliphatic carbocycles. The smallest absolute Gasteiger partial charge is 0.308 e. The van der Waals surface area contributed by atoms with Gasteiger partial charge in [0.05, 0.1) is 30.7 Å². The van der Waals surface area contributed by atoms with Crippen molar-refractivity contribution in [3.63, 3.8) is 0 Å². The number of carbonyl (C=O) groups excluding carboxylic acids is 1. The Bertz CT molecular complexity index is 509. The van der Waals surface area contributed by atoms with Gasteiger partial charge >= 0.3 is 5.97 Å². The summed E-state index contributed by atoms with van der Waals surface area (Å²) in [6, 6.07) is 6.46. The van der Waals surface area contributed by atoms with Crippen molar-refractivity contribution in [2.24, 2.45) is 5.92 Å². The Balaban J connectivity index is 1.81. The number of methoxy groups -OCH3 is 1. The molecule has 1 aliphatic rings. The molecule has 0 N–H and O–H groups in total. The van der Waals surface area contributed by atoms with Gasteiger partial charge in [-0.25, -0.2) is 0 Å². The first-order chi connectivity index (χ1) is 10.1. The highest BCUT2D eigenvalue weighted by Gasteiger charge is 2.27. The molecule has 1 aromatic carbocycles. The van der Waals surface area contributed by atoms with Crippen LogP contribution in [0.5, 0.6) is 0 Å². The van der Waals surface area contributed by atoms with Gasteiger partial charge in [0, 0.05) is 12.1 Å². The van der Waals surface area contributed by atoms with Crippen LogP contribution >= 0.6 is 0 Å². The lowest BCUT2D eigenvalue weighted by Gasteiger charge is -2.26. The molecule has 0 aliphatic heterocycles. The number of nitro benzene ring substituents is 1. The summed E-state index contributed by atoms with van der Waals surface area (Å²) >= 11 is 0. The third-order valence-electron chi connectivity index (χ3n) is 3.82. The maximum absolute atomic E-state index is 11.4. The summed E-state index contributed by atoms with van der Waals surface area (Å²) in [7, 11) is 1.41. The highest BCUT2D eigenvalue weighted by atomic mass is 16.6. The second kappa shape index (κ2) is 7.17. The lowest BCUT2D eigenvalue weighted by Crippen LogP contribution is -2.26. The molecule has 0 amide bonds. The van der Waals surface area contributed by atoms with Gasteiger partial charge in [0.2, 0.25) is 0 Å². The Morgan fingerprint density at radius 3 is 2.67 bits per heavy atom. The zero-order chi connectivity index (χ0) is 15.2. The molecule has 0 spiro atoms. The molecular weight excluding hydrogens is 274 g/mol. The van der Waals surface area contributed by atoms with Crippen LogP contribution in [0.2, 0.25) is 0 Å². The number of rotatable bonds is 5. The molecule has 1 fully saturated rings. The number of benzene rings is 1. The number of hydrogen-bond acceptors (Lipinski definition) is 5. The van der Waals surface area contributed by atoms with E-state index >= 15 is 0 Å². The lowest BCUT2D eigenvalue weighted by atomic mass is 9.87. The van der Waals surface area contributed by atoms with Crippen molar-refractivity contribution < 1.29 is 19.2 Å². The molecule has 0 bridgehead atoms. The van der Waals surface area contributed by atoms with Crippen LogP contribution in [-0.2, 0) is 20.9 Å². The zero-order valence-electron chi connectivity index (χ0n) is 12.0. The molecule has 1 saturated carbocycles. The predicted molar refractivity (Wildman–Crippen MR) is 75.6 cm³/mol. The average Bonchev–Trinajstić information content (AvgIpc) is 2.53. The Hall–Kier alpha value is -1.95. The van der Waals surface area contributed by atoms with Gasteiger partial charge in [-0.3, -0.25) is 14.9 Å². The molecular formula is C15H19NO5. The van der Waals surface area contributed by atoms with Gasteiger partial charge in [0.1, 0.15) is 0 Å². The SMILES string of the molecule is COC(=O)C1CCC(OCc2cccc([N+](=O)[O-])c2)CC1. The first kappa shape index (κ1) is 15.4. The van der Waals surface area contributed by atoms with Gasteiger partial charge < -0.3 is 9.47 Å². The van der Waals surface area contributed by atoms with E-state index in [9.17, 15) is 14.9 Å². The van der Waals surface area contributed by atoms with Crippen molar-refractivity contribution in [3.05, 3.63) is 39.9 Å². The average molecular weight is 293 g/mol. The number of carbonyl (C=O) groups is 1. The van der Waals surface area contributed by atoms with Crippen molar-refractivity contribution in [3.8, 4) is 0 Å². The second-order valence-corrected chi connectivity index (χ2v) is 5.23.